The van der Waals surface area contributed by atoms with Crippen LogP contribution in [0.15, 0.2) is 75.9 Å². The summed E-state index contributed by atoms with van der Waals surface area (Å²) < 4.78 is 19.4. The van der Waals surface area contributed by atoms with Crippen LogP contribution in [0.4, 0.5) is 10.1 Å². The molecular weight excluding hydrogens is 441 g/mol. The summed E-state index contributed by atoms with van der Waals surface area (Å²) in [5.41, 5.74) is 3.76. The number of halogens is 1. The third-order valence-electron chi connectivity index (χ3n) is 5.47. The summed E-state index contributed by atoms with van der Waals surface area (Å²) in [7, 11) is 0. The number of allylic oxidation sites excluding steroid dienone is 1. The van der Waals surface area contributed by atoms with Gasteiger partial charge in [0, 0.05) is 5.70 Å². The number of amides is 1. The van der Waals surface area contributed by atoms with Gasteiger partial charge in [0.15, 0.2) is 5.17 Å². The number of esters is 1. The number of nitrogens with zero attached hydrogens (tertiary/aromatic N) is 2. The Morgan fingerprint density at radius 3 is 2.61 bits per heavy atom. The average molecular weight is 466 g/mol. The molecule has 0 saturated heterocycles. The zero-order chi connectivity index (χ0) is 23.5. The van der Waals surface area contributed by atoms with Crippen molar-refractivity contribution in [1.82, 2.24) is 4.90 Å². The first kappa shape index (κ1) is 22.8. The second kappa shape index (κ2) is 9.62. The van der Waals surface area contributed by atoms with E-state index in [-0.39, 0.29) is 24.6 Å². The van der Waals surface area contributed by atoms with Crippen molar-refractivity contribution in [2.45, 2.75) is 33.2 Å². The van der Waals surface area contributed by atoms with Crippen LogP contribution in [-0.2, 0) is 14.3 Å². The van der Waals surface area contributed by atoms with Crippen LogP contribution in [0.25, 0.3) is 0 Å². The number of hydrogen-bond acceptors (Lipinski definition) is 6. The van der Waals surface area contributed by atoms with Gasteiger partial charge in [-0.05, 0) is 49.4 Å². The molecule has 1 amide bonds. The highest BCUT2D eigenvalue weighted by atomic mass is 32.2. The normalized spacial score (nSPS) is 17.3. The lowest BCUT2D eigenvalue weighted by Crippen LogP contribution is -2.37. The first-order valence-corrected chi connectivity index (χ1v) is 11.5. The molecule has 1 atom stereocenters. The van der Waals surface area contributed by atoms with E-state index in [1.165, 1.54) is 23.9 Å². The Balaban J connectivity index is 1.69. The van der Waals surface area contributed by atoms with Gasteiger partial charge in [-0.15, -0.1) is 0 Å². The molecule has 4 rings (SSSR count). The number of aryl methyl sites for hydroxylation is 1. The van der Waals surface area contributed by atoms with Gasteiger partial charge in [-0.1, -0.05) is 48.2 Å². The zero-order valence-corrected chi connectivity index (χ0v) is 19.4. The molecule has 0 fully saturated rings. The summed E-state index contributed by atoms with van der Waals surface area (Å²) in [5, 5.41) is 5.16. The van der Waals surface area contributed by atoms with Crippen LogP contribution in [0.3, 0.4) is 0 Å². The first-order chi connectivity index (χ1) is 15.9. The summed E-state index contributed by atoms with van der Waals surface area (Å²) in [4.78, 5) is 32.3. The molecule has 0 bridgehead atoms. The number of rotatable bonds is 6. The minimum absolute atomic E-state index is 0.00209. The van der Waals surface area contributed by atoms with Crippen molar-refractivity contribution in [3.63, 3.8) is 0 Å². The molecular formula is C25H24FN3O3S. The fourth-order valence-electron chi connectivity index (χ4n) is 3.95. The molecule has 33 heavy (non-hydrogen) atoms. The van der Waals surface area contributed by atoms with E-state index in [0.29, 0.717) is 22.1 Å². The Morgan fingerprint density at radius 2 is 1.88 bits per heavy atom. The third-order valence-corrected chi connectivity index (χ3v) is 6.36. The van der Waals surface area contributed by atoms with Crippen LogP contribution in [0.1, 0.15) is 37.4 Å². The molecule has 2 aromatic carbocycles. The Morgan fingerprint density at radius 1 is 1.15 bits per heavy atom. The molecule has 170 valence electrons. The summed E-state index contributed by atoms with van der Waals surface area (Å²) >= 11 is 1.39. The van der Waals surface area contributed by atoms with Gasteiger partial charge in [0.25, 0.3) is 0 Å². The molecule has 2 heterocycles. The molecule has 2 aliphatic rings. The number of carbonyl (C=O) groups is 2. The van der Waals surface area contributed by atoms with Crippen LogP contribution in [0.5, 0.6) is 0 Å². The van der Waals surface area contributed by atoms with Gasteiger partial charge in [0.1, 0.15) is 5.82 Å². The molecule has 0 radical (unpaired) electrons. The van der Waals surface area contributed by atoms with Crippen LogP contribution >= 0.6 is 11.8 Å². The van der Waals surface area contributed by atoms with E-state index in [1.807, 2.05) is 41.5 Å². The molecule has 2 aromatic rings. The molecule has 6 nitrogen and oxygen atoms in total. The Hall–Kier alpha value is -3.39. The van der Waals surface area contributed by atoms with Gasteiger partial charge >= 0.3 is 5.97 Å². The number of aliphatic imine (C=N–C) groups is 1. The number of thioether (sulfide) groups is 1. The number of anilines is 1. The number of benzene rings is 2. The SMILES string of the molecule is CCOC(=O)C1=C(C)N=C2SC=C(CC(=O)Nc3ccccc3F)N2C1c1ccccc1C. The molecule has 0 aromatic heterocycles. The van der Waals surface area contributed by atoms with Crippen molar-refractivity contribution in [2.75, 3.05) is 11.9 Å². The van der Waals surface area contributed by atoms with E-state index >= 15 is 0 Å². The lowest BCUT2D eigenvalue weighted by Gasteiger charge is -2.37. The predicted octanol–water partition coefficient (Wildman–Crippen LogP) is 5.30. The molecule has 1 N–H and O–H groups in total. The lowest BCUT2D eigenvalue weighted by atomic mass is 9.91. The Bertz CT molecular complexity index is 1200. The van der Waals surface area contributed by atoms with Gasteiger partial charge in [-0.25, -0.2) is 14.2 Å². The summed E-state index contributed by atoms with van der Waals surface area (Å²) in [6, 6.07) is 13.4. The third kappa shape index (κ3) is 4.57. The summed E-state index contributed by atoms with van der Waals surface area (Å²) in [6.07, 6.45) is -0.00209. The van der Waals surface area contributed by atoms with E-state index in [2.05, 4.69) is 10.3 Å². The monoisotopic (exact) mass is 465 g/mol. The second-order valence-corrected chi connectivity index (χ2v) is 8.51. The Kier molecular flexibility index (Phi) is 6.65. The van der Waals surface area contributed by atoms with E-state index in [0.717, 1.165) is 11.1 Å². The van der Waals surface area contributed by atoms with Crippen LogP contribution in [0.2, 0.25) is 0 Å². The quantitative estimate of drug-likeness (QED) is 0.586. The van der Waals surface area contributed by atoms with E-state index < -0.39 is 17.8 Å². The number of ether oxygens (including phenoxy) is 1. The van der Waals surface area contributed by atoms with Crippen molar-refractivity contribution < 1.29 is 18.7 Å². The maximum absolute atomic E-state index is 14.0. The zero-order valence-electron chi connectivity index (χ0n) is 18.6. The second-order valence-electron chi connectivity index (χ2n) is 7.67. The highest BCUT2D eigenvalue weighted by Crippen LogP contribution is 2.45. The molecule has 0 spiro atoms. The van der Waals surface area contributed by atoms with Crippen LogP contribution < -0.4 is 5.32 Å². The fraction of sp³-hybridized carbons (Fsp3) is 0.240. The van der Waals surface area contributed by atoms with Gasteiger partial charge in [-0.2, -0.15) is 0 Å². The van der Waals surface area contributed by atoms with Crippen LogP contribution in [-0.4, -0.2) is 28.6 Å². The minimum atomic E-state index is -0.498. The maximum Gasteiger partial charge on any atom is 0.338 e. The largest absolute Gasteiger partial charge is 0.463 e. The number of fused-ring (bicyclic) bond motifs is 1. The summed E-state index contributed by atoms with van der Waals surface area (Å²) in [6.45, 7) is 5.79. The highest BCUT2D eigenvalue weighted by Gasteiger charge is 2.41. The number of hydrogen-bond donors (Lipinski definition) is 1. The van der Waals surface area contributed by atoms with E-state index in [1.54, 1.807) is 26.0 Å². The lowest BCUT2D eigenvalue weighted by molar-refractivity contribution is -0.139. The minimum Gasteiger partial charge on any atom is -0.463 e. The standard InChI is InChI=1S/C25H24FN3O3S/c1-4-32-24(31)22-16(3)27-25-29(23(22)18-10-6-5-9-15(18)2)17(14-33-25)13-21(30)28-20-12-8-7-11-19(20)26/h5-12,14,23H,4,13H2,1-3H3,(H,28,30). The van der Waals surface area contributed by atoms with E-state index in [4.69, 9.17) is 4.74 Å². The number of nitrogens with one attached hydrogen (secondary N) is 1. The highest BCUT2D eigenvalue weighted by molar-refractivity contribution is 8.16. The fourth-order valence-corrected chi connectivity index (χ4v) is 4.91. The van der Waals surface area contributed by atoms with Crippen molar-refractivity contribution in [3.8, 4) is 0 Å². The smallest absolute Gasteiger partial charge is 0.338 e. The molecule has 1 unspecified atom stereocenters. The van der Waals surface area contributed by atoms with Gasteiger partial charge < -0.3 is 15.0 Å². The molecule has 0 saturated carbocycles. The van der Waals surface area contributed by atoms with Gasteiger partial charge in [0.05, 0.1) is 36.0 Å². The molecule has 2 aliphatic heterocycles. The van der Waals surface area contributed by atoms with Crippen molar-refractivity contribution in [2.24, 2.45) is 4.99 Å². The molecule has 8 heteroatoms. The number of carbonyl (C=O) groups excluding carboxylic acids is 2. The maximum atomic E-state index is 14.0. The van der Waals surface area contributed by atoms with Gasteiger partial charge in [0.2, 0.25) is 5.91 Å². The van der Waals surface area contributed by atoms with E-state index in [9.17, 15) is 14.0 Å². The number of amidine groups is 1. The average Bonchev–Trinajstić information content (AvgIpc) is 3.17. The summed E-state index contributed by atoms with van der Waals surface area (Å²) in [5.74, 6) is -1.29. The predicted molar refractivity (Wildman–Crippen MR) is 128 cm³/mol. The van der Waals surface area contributed by atoms with Crippen molar-refractivity contribution in [3.05, 3.63) is 87.9 Å². The number of para-hydroxylation sites is 1. The van der Waals surface area contributed by atoms with Crippen LogP contribution in [0, 0.1) is 12.7 Å². The molecule has 0 aliphatic carbocycles. The van der Waals surface area contributed by atoms with Gasteiger partial charge in [-0.3, -0.25) is 4.79 Å². The topological polar surface area (TPSA) is 71.0 Å². The van der Waals surface area contributed by atoms with Crippen molar-refractivity contribution in [1.29, 1.82) is 0 Å². The first-order valence-electron chi connectivity index (χ1n) is 10.6. The Labute approximate surface area is 196 Å². The van der Waals surface area contributed by atoms with Crippen molar-refractivity contribution >= 4 is 34.5 Å².